The standard InChI is InChI=1S/C11H15NO3/c1-11(2,10(13)14)15-12-9-6-7-4-3-5-8(7)9/h3,5,7-8H,4,6H2,1-2H3,(H,13,14)/b12-9-. The first-order chi connectivity index (χ1) is 7.00. The molecule has 4 nitrogen and oxygen atoms in total. The number of fused-ring (bicyclic) bond motifs is 1. The molecule has 0 heterocycles. The highest BCUT2D eigenvalue weighted by Crippen LogP contribution is 2.40. The van der Waals surface area contributed by atoms with Crippen molar-refractivity contribution in [2.45, 2.75) is 32.3 Å². The van der Waals surface area contributed by atoms with Gasteiger partial charge in [-0.25, -0.2) is 4.79 Å². The number of rotatable bonds is 3. The maximum absolute atomic E-state index is 10.8. The van der Waals surface area contributed by atoms with Crippen LogP contribution >= 0.6 is 0 Å². The van der Waals surface area contributed by atoms with Gasteiger partial charge in [0.15, 0.2) is 0 Å². The van der Waals surface area contributed by atoms with Gasteiger partial charge >= 0.3 is 5.97 Å². The maximum atomic E-state index is 10.8. The summed E-state index contributed by atoms with van der Waals surface area (Å²) < 4.78 is 0. The van der Waals surface area contributed by atoms with Crippen molar-refractivity contribution in [2.75, 3.05) is 0 Å². The Bertz CT molecular complexity index is 344. The predicted molar refractivity (Wildman–Crippen MR) is 55.6 cm³/mol. The lowest BCUT2D eigenvalue weighted by Gasteiger charge is -2.32. The molecule has 15 heavy (non-hydrogen) atoms. The highest BCUT2D eigenvalue weighted by atomic mass is 16.7. The molecule has 2 unspecified atom stereocenters. The monoisotopic (exact) mass is 209 g/mol. The molecule has 0 aromatic carbocycles. The van der Waals surface area contributed by atoms with Crippen LogP contribution in [0.1, 0.15) is 26.7 Å². The minimum Gasteiger partial charge on any atom is -0.478 e. The lowest BCUT2D eigenvalue weighted by Crippen LogP contribution is -2.37. The van der Waals surface area contributed by atoms with Crippen molar-refractivity contribution in [1.29, 1.82) is 0 Å². The van der Waals surface area contributed by atoms with E-state index >= 15 is 0 Å². The normalized spacial score (nSPS) is 31.2. The molecule has 2 rings (SSSR count). The van der Waals surface area contributed by atoms with Crippen molar-refractivity contribution in [3.63, 3.8) is 0 Å². The van der Waals surface area contributed by atoms with Crippen LogP contribution in [0.3, 0.4) is 0 Å². The van der Waals surface area contributed by atoms with Crippen LogP contribution in [0.25, 0.3) is 0 Å². The smallest absolute Gasteiger partial charge is 0.350 e. The molecule has 0 radical (unpaired) electrons. The molecule has 2 atom stereocenters. The summed E-state index contributed by atoms with van der Waals surface area (Å²) in [6.07, 6.45) is 6.34. The topological polar surface area (TPSA) is 58.9 Å². The molecule has 2 aliphatic rings. The Morgan fingerprint density at radius 3 is 3.00 bits per heavy atom. The molecule has 0 aliphatic heterocycles. The quantitative estimate of drug-likeness (QED) is 0.569. The zero-order chi connectivity index (χ0) is 11.1. The fourth-order valence-electron chi connectivity index (χ4n) is 1.85. The second-order valence-electron chi connectivity index (χ2n) is 4.64. The van der Waals surface area contributed by atoms with Gasteiger partial charge < -0.3 is 9.94 Å². The Morgan fingerprint density at radius 1 is 1.67 bits per heavy atom. The Morgan fingerprint density at radius 2 is 2.40 bits per heavy atom. The van der Waals surface area contributed by atoms with Gasteiger partial charge in [0.2, 0.25) is 5.60 Å². The zero-order valence-corrected chi connectivity index (χ0v) is 8.93. The highest BCUT2D eigenvalue weighted by Gasteiger charge is 2.39. The molecular weight excluding hydrogens is 194 g/mol. The number of hydrogen-bond donors (Lipinski definition) is 1. The fraction of sp³-hybridized carbons (Fsp3) is 0.636. The largest absolute Gasteiger partial charge is 0.478 e. The Labute approximate surface area is 88.6 Å². The van der Waals surface area contributed by atoms with Crippen LogP contribution in [0, 0.1) is 11.8 Å². The van der Waals surface area contributed by atoms with E-state index in [0.717, 1.165) is 18.6 Å². The average Bonchev–Trinajstić information content (AvgIpc) is 2.47. The van der Waals surface area contributed by atoms with Gasteiger partial charge in [-0.1, -0.05) is 17.3 Å². The maximum Gasteiger partial charge on any atom is 0.350 e. The van der Waals surface area contributed by atoms with Crippen LogP contribution in [-0.4, -0.2) is 22.4 Å². The molecule has 82 valence electrons. The Kier molecular flexibility index (Phi) is 2.29. The van der Waals surface area contributed by atoms with Crippen LogP contribution in [0.5, 0.6) is 0 Å². The van der Waals surface area contributed by atoms with Crippen LogP contribution in [0.15, 0.2) is 17.3 Å². The van der Waals surface area contributed by atoms with Gasteiger partial charge in [0.1, 0.15) is 0 Å². The molecule has 0 amide bonds. The van der Waals surface area contributed by atoms with E-state index in [-0.39, 0.29) is 0 Å². The first-order valence-electron chi connectivity index (χ1n) is 5.16. The van der Waals surface area contributed by atoms with E-state index in [2.05, 4.69) is 17.3 Å². The van der Waals surface area contributed by atoms with E-state index in [1.54, 1.807) is 0 Å². The van der Waals surface area contributed by atoms with E-state index in [9.17, 15) is 4.79 Å². The molecule has 1 fully saturated rings. The van der Waals surface area contributed by atoms with Gasteiger partial charge in [-0.15, -0.1) is 0 Å². The number of aliphatic carboxylic acids is 1. The summed E-state index contributed by atoms with van der Waals surface area (Å²) in [7, 11) is 0. The summed E-state index contributed by atoms with van der Waals surface area (Å²) in [4.78, 5) is 15.8. The number of carboxylic acids is 1. The molecule has 1 saturated carbocycles. The van der Waals surface area contributed by atoms with Gasteiger partial charge in [0.25, 0.3) is 0 Å². The molecule has 0 aromatic heterocycles. The molecule has 0 spiro atoms. The minimum absolute atomic E-state index is 0.398. The van der Waals surface area contributed by atoms with E-state index in [4.69, 9.17) is 9.94 Å². The Balaban J connectivity index is 1.95. The van der Waals surface area contributed by atoms with E-state index < -0.39 is 11.6 Å². The molecule has 1 N–H and O–H groups in total. The van der Waals surface area contributed by atoms with Crippen LogP contribution in [0.2, 0.25) is 0 Å². The van der Waals surface area contributed by atoms with Crippen molar-refractivity contribution in [1.82, 2.24) is 0 Å². The first kappa shape index (κ1) is 10.2. The van der Waals surface area contributed by atoms with Gasteiger partial charge in [-0.3, -0.25) is 0 Å². The first-order valence-corrected chi connectivity index (χ1v) is 5.16. The third kappa shape index (κ3) is 1.76. The molecule has 0 saturated heterocycles. The van der Waals surface area contributed by atoms with Crippen LogP contribution in [0.4, 0.5) is 0 Å². The van der Waals surface area contributed by atoms with Crippen molar-refractivity contribution in [3.8, 4) is 0 Å². The lowest BCUT2D eigenvalue weighted by atomic mass is 9.74. The lowest BCUT2D eigenvalue weighted by molar-refractivity contribution is -0.161. The summed E-state index contributed by atoms with van der Waals surface area (Å²) in [5, 5.41) is 12.8. The van der Waals surface area contributed by atoms with Crippen molar-refractivity contribution < 1.29 is 14.7 Å². The summed E-state index contributed by atoms with van der Waals surface area (Å²) >= 11 is 0. The molecule has 0 bridgehead atoms. The van der Waals surface area contributed by atoms with Crippen LogP contribution in [-0.2, 0) is 9.63 Å². The SMILES string of the molecule is CC(C)(O/N=C1/CC2CC=CC12)C(=O)O. The third-order valence-electron chi connectivity index (χ3n) is 3.05. The third-order valence-corrected chi connectivity index (χ3v) is 3.05. The fourth-order valence-corrected chi connectivity index (χ4v) is 1.85. The van der Waals surface area contributed by atoms with Crippen molar-refractivity contribution in [2.24, 2.45) is 17.0 Å². The number of nitrogens with zero attached hydrogens (tertiary/aromatic N) is 1. The number of allylic oxidation sites excluding steroid dienone is 2. The molecule has 0 aromatic rings. The number of carboxylic acid groups (broad SMARTS) is 1. The summed E-state index contributed by atoms with van der Waals surface area (Å²) in [5.41, 5.74) is -0.261. The van der Waals surface area contributed by atoms with Crippen molar-refractivity contribution in [3.05, 3.63) is 12.2 Å². The Hall–Kier alpha value is -1.32. The van der Waals surface area contributed by atoms with Crippen molar-refractivity contribution >= 4 is 11.7 Å². The second-order valence-corrected chi connectivity index (χ2v) is 4.64. The van der Waals surface area contributed by atoms with E-state index in [0.29, 0.717) is 11.8 Å². The van der Waals surface area contributed by atoms with Crippen LogP contribution < -0.4 is 0 Å². The molecule has 4 heteroatoms. The zero-order valence-electron chi connectivity index (χ0n) is 8.93. The van der Waals surface area contributed by atoms with E-state index in [1.807, 2.05) is 0 Å². The predicted octanol–water partition coefficient (Wildman–Crippen LogP) is 1.82. The number of hydrogen-bond acceptors (Lipinski definition) is 3. The summed E-state index contributed by atoms with van der Waals surface area (Å²) in [5.74, 6) is 0.0829. The average molecular weight is 209 g/mol. The number of oxime groups is 1. The summed E-state index contributed by atoms with van der Waals surface area (Å²) in [6, 6.07) is 0. The van der Waals surface area contributed by atoms with Gasteiger partial charge in [-0.2, -0.15) is 0 Å². The van der Waals surface area contributed by atoms with Gasteiger partial charge in [0.05, 0.1) is 5.71 Å². The molecular formula is C11H15NO3. The highest BCUT2D eigenvalue weighted by molar-refractivity contribution is 5.94. The molecule has 2 aliphatic carbocycles. The van der Waals surface area contributed by atoms with Gasteiger partial charge in [-0.05, 0) is 32.6 Å². The summed E-state index contributed by atoms with van der Waals surface area (Å²) in [6.45, 7) is 3.00. The number of carbonyl (C=O) groups is 1. The minimum atomic E-state index is -1.24. The second kappa shape index (κ2) is 3.36. The van der Waals surface area contributed by atoms with Gasteiger partial charge in [0, 0.05) is 5.92 Å². The van der Waals surface area contributed by atoms with E-state index in [1.165, 1.54) is 13.8 Å².